The molecule has 0 amide bonds. The molecular formula is C17H20N6. The van der Waals surface area contributed by atoms with Gasteiger partial charge in [0.05, 0.1) is 0 Å². The van der Waals surface area contributed by atoms with Gasteiger partial charge in [-0.2, -0.15) is 0 Å². The minimum atomic E-state index is 0.679. The molecule has 6 nitrogen and oxygen atoms in total. The van der Waals surface area contributed by atoms with Gasteiger partial charge in [0.2, 0.25) is 5.95 Å². The maximum absolute atomic E-state index is 4.51. The fraction of sp³-hybridized carbons (Fsp3) is 0.529. The first-order chi connectivity index (χ1) is 11.4. The molecule has 1 saturated carbocycles. The lowest BCUT2D eigenvalue weighted by Crippen LogP contribution is -2.30. The highest BCUT2D eigenvalue weighted by atomic mass is 15.3. The highest BCUT2D eigenvalue weighted by Crippen LogP contribution is 2.40. The first kappa shape index (κ1) is 13.2. The van der Waals surface area contributed by atoms with Crippen LogP contribution in [0.25, 0.3) is 0 Å². The van der Waals surface area contributed by atoms with Crippen LogP contribution >= 0.6 is 0 Å². The molecule has 0 spiro atoms. The molecule has 118 valence electrons. The Balaban J connectivity index is 1.29. The molecule has 2 saturated heterocycles. The Hall–Kier alpha value is -2.24. The van der Waals surface area contributed by atoms with E-state index in [0.717, 1.165) is 37.9 Å². The highest BCUT2D eigenvalue weighted by molar-refractivity contribution is 5.44. The molecule has 4 heterocycles. The van der Waals surface area contributed by atoms with Gasteiger partial charge >= 0.3 is 0 Å². The van der Waals surface area contributed by atoms with Crippen molar-refractivity contribution in [3.8, 4) is 0 Å². The van der Waals surface area contributed by atoms with E-state index in [4.69, 9.17) is 0 Å². The lowest BCUT2D eigenvalue weighted by Gasteiger charge is -2.22. The number of fused-ring (bicyclic) bond motifs is 1. The van der Waals surface area contributed by atoms with Crippen molar-refractivity contribution in [2.24, 2.45) is 11.8 Å². The van der Waals surface area contributed by atoms with Gasteiger partial charge in [0, 0.05) is 68.1 Å². The number of aromatic nitrogens is 4. The van der Waals surface area contributed by atoms with E-state index < -0.39 is 0 Å². The minimum Gasteiger partial charge on any atom is -0.356 e. The lowest BCUT2D eigenvalue weighted by atomic mass is 10.0. The summed E-state index contributed by atoms with van der Waals surface area (Å²) in [4.78, 5) is 22.5. The summed E-state index contributed by atoms with van der Waals surface area (Å²) in [6.07, 6.45) is 7.95. The first-order valence-corrected chi connectivity index (χ1v) is 8.45. The lowest BCUT2D eigenvalue weighted by molar-refractivity contribution is 0.533. The van der Waals surface area contributed by atoms with Crippen molar-refractivity contribution >= 4 is 11.8 Å². The third kappa shape index (κ3) is 2.42. The van der Waals surface area contributed by atoms with Crippen LogP contribution in [-0.4, -0.2) is 46.1 Å². The molecular weight excluding hydrogens is 288 g/mol. The zero-order valence-corrected chi connectivity index (χ0v) is 13.0. The van der Waals surface area contributed by atoms with Gasteiger partial charge in [-0.1, -0.05) is 0 Å². The predicted octanol–water partition coefficient (Wildman–Crippen LogP) is 1.72. The molecule has 0 bridgehead atoms. The molecule has 2 unspecified atom stereocenters. The normalized spacial score (nSPS) is 26.6. The largest absolute Gasteiger partial charge is 0.356 e. The van der Waals surface area contributed by atoms with Gasteiger partial charge in [-0.3, -0.25) is 0 Å². The van der Waals surface area contributed by atoms with E-state index >= 15 is 0 Å². The molecule has 2 atom stereocenters. The maximum Gasteiger partial charge on any atom is 0.225 e. The van der Waals surface area contributed by atoms with Crippen LogP contribution in [0.5, 0.6) is 0 Å². The van der Waals surface area contributed by atoms with E-state index in [2.05, 4.69) is 35.8 Å². The smallest absolute Gasteiger partial charge is 0.225 e. The van der Waals surface area contributed by atoms with Crippen molar-refractivity contribution in [1.82, 2.24) is 19.9 Å². The summed E-state index contributed by atoms with van der Waals surface area (Å²) in [5, 5.41) is 0. The zero-order valence-electron chi connectivity index (χ0n) is 13.0. The molecule has 0 aromatic carbocycles. The summed E-state index contributed by atoms with van der Waals surface area (Å²) >= 11 is 0. The molecule has 0 radical (unpaired) electrons. The van der Waals surface area contributed by atoms with Crippen molar-refractivity contribution in [2.45, 2.75) is 18.8 Å². The summed E-state index contributed by atoms with van der Waals surface area (Å²) in [7, 11) is 0. The highest BCUT2D eigenvalue weighted by Gasteiger charge is 2.41. The summed E-state index contributed by atoms with van der Waals surface area (Å²) in [5.74, 6) is 4.02. The van der Waals surface area contributed by atoms with Crippen LogP contribution in [0, 0.1) is 11.8 Å². The Morgan fingerprint density at radius 3 is 2.22 bits per heavy atom. The van der Waals surface area contributed by atoms with Gasteiger partial charge in [-0.25, -0.2) is 19.9 Å². The van der Waals surface area contributed by atoms with Crippen LogP contribution < -0.4 is 9.80 Å². The SMILES string of the molecule is c1cnc(N2CC3CN(c4cc(C5CC5)ncn4)CC3C2)nc1. The van der Waals surface area contributed by atoms with Gasteiger partial charge < -0.3 is 9.80 Å². The molecule has 3 aliphatic rings. The van der Waals surface area contributed by atoms with Crippen LogP contribution in [0.1, 0.15) is 24.5 Å². The average Bonchev–Trinajstić information content (AvgIpc) is 3.26. The topological polar surface area (TPSA) is 58.0 Å². The van der Waals surface area contributed by atoms with Crippen LogP contribution in [-0.2, 0) is 0 Å². The quantitative estimate of drug-likeness (QED) is 0.860. The van der Waals surface area contributed by atoms with Crippen molar-refractivity contribution < 1.29 is 0 Å². The number of rotatable bonds is 3. The van der Waals surface area contributed by atoms with Crippen LogP contribution in [0.15, 0.2) is 30.9 Å². The maximum atomic E-state index is 4.51. The summed E-state index contributed by atoms with van der Waals surface area (Å²) < 4.78 is 0. The average molecular weight is 308 g/mol. The molecule has 0 N–H and O–H groups in total. The Labute approximate surface area is 135 Å². The monoisotopic (exact) mass is 308 g/mol. The zero-order chi connectivity index (χ0) is 15.2. The van der Waals surface area contributed by atoms with Crippen molar-refractivity contribution in [3.05, 3.63) is 36.5 Å². The van der Waals surface area contributed by atoms with Crippen LogP contribution in [0.3, 0.4) is 0 Å². The summed E-state index contributed by atoms with van der Waals surface area (Å²) in [5.41, 5.74) is 1.23. The van der Waals surface area contributed by atoms with Gasteiger partial charge in [0.15, 0.2) is 0 Å². The molecule has 3 fully saturated rings. The van der Waals surface area contributed by atoms with Gasteiger partial charge in [0.25, 0.3) is 0 Å². The molecule has 23 heavy (non-hydrogen) atoms. The Bertz CT molecular complexity index is 687. The van der Waals surface area contributed by atoms with Crippen molar-refractivity contribution in [3.63, 3.8) is 0 Å². The summed E-state index contributed by atoms with van der Waals surface area (Å²) in [6, 6.07) is 4.07. The molecule has 2 aromatic heterocycles. The summed E-state index contributed by atoms with van der Waals surface area (Å²) in [6.45, 7) is 4.25. The third-order valence-corrected chi connectivity index (χ3v) is 5.31. The van der Waals surface area contributed by atoms with Gasteiger partial charge in [0.1, 0.15) is 12.1 Å². The molecule has 2 aromatic rings. The number of hydrogen-bond donors (Lipinski definition) is 0. The second-order valence-corrected chi connectivity index (χ2v) is 6.95. The van der Waals surface area contributed by atoms with Crippen molar-refractivity contribution in [2.75, 3.05) is 36.0 Å². The van der Waals surface area contributed by atoms with E-state index in [0.29, 0.717) is 17.8 Å². The Kier molecular flexibility index (Phi) is 2.96. The van der Waals surface area contributed by atoms with Crippen LogP contribution in [0.2, 0.25) is 0 Å². The second-order valence-electron chi connectivity index (χ2n) is 6.95. The first-order valence-electron chi connectivity index (χ1n) is 8.45. The minimum absolute atomic E-state index is 0.679. The fourth-order valence-corrected chi connectivity index (χ4v) is 3.93. The molecule has 1 aliphatic carbocycles. The van der Waals surface area contributed by atoms with E-state index in [-0.39, 0.29) is 0 Å². The van der Waals surface area contributed by atoms with Gasteiger partial charge in [-0.15, -0.1) is 0 Å². The van der Waals surface area contributed by atoms with E-state index in [1.165, 1.54) is 18.5 Å². The van der Waals surface area contributed by atoms with E-state index in [1.54, 1.807) is 6.33 Å². The Morgan fingerprint density at radius 1 is 0.826 bits per heavy atom. The fourth-order valence-electron chi connectivity index (χ4n) is 3.93. The number of hydrogen-bond acceptors (Lipinski definition) is 6. The molecule has 2 aliphatic heterocycles. The third-order valence-electron chi connectivity index (χ3n) is 5.31. The second kappa shape index (κ2) is 5.15. The van der Waals surface area contributed by atoms with Crippen LogP contribution in [0.4, 0.5) is 11.8 Å². The van der Waals surface area contributed by atoms with Gasteiger partial charge in [-0.05, 0) is 18.9 Å². The van der Waals surface area contributed by atoms with E-state index in [1.807, 2.05) is 18.5 Å². The molecule has 6 heteroatoms. The van der Waals surface area contributed by atoms with Crippen molar-refractivity contribution in [1.29, 1.82) is 0 Å². The standard InChI is InChI=1S/C17H20N6/c1-4-18-17(19-5-1)23-9-13-7-22(8-14(13)10-23)16-6-15(12-2-3-12)20-11-21-16/h1,4-6,11-14H,2-3,7-10H2. The number of nitrogens with zero attached hydrogens (tertiary/aromatic N) is 6. The Morgan fingerprint density at radius 2 is 1.52 bits per heavy atom. The number of anilines is 2. The predicted molar refractivity (Wildman–Crippen MR) is 87.4 cm³/mol. The van der Waals surface area contributed by atoms with E-state index in [9.17, 15) is 0 Å². The molecule has 5 rings (SSSR count).